The van der Waals surface area contributed by atoms with Gasteiger partial charge in [-0.15, -0.1) is 0 Å². The largest absolute Gasteiger partial charge is 1.00 e. The zero-order valence-corrected chi connectivity index (χ0v) is 11.8. The Morgan fingerprint density at radius 2 is 1.92 bits per heavy atom. The molecule has 0 aromatic heterocycles. The van der Waals surface area contributed by atoms with Crippen LogP contribution in [0.3, 0.4) is 0 Å². The minimum atomic E-state index is -0.958. The van der Waals surface area contributed by atoms with Crippen LogP contribution in [-0.2, 0) is 4.79 Å². The van der Waals surface area contributed by atoms with Crippen LogP contribution in [-0.4, -0.2) is 17.0 Å². The maximum atomic E-state index is 10.0. The first-order valence-corrected chi connectivity index (χ1v) is 5.30. The van der Waals surface area contributed by atoms with Gasteiger partial charge in [0.2, 0.25) is 0 Å². The van der Waals surface area contributed by atoms with E-state index in [0.29, 0.717) is 11.7 Å². The summed E-state index contributed by atoms with van der Waals surface area (Å²) in [5.41, 5.74) is 0. The van der Waals surface area contributed by atoms with E-state index >= 15 is 0 Å². The van der Waals surface area contributed by atoms with Crippen LogP contribution in [0.5, 0.6) is 0 Å². The van der Waals surface area contributed by atoms with Crippen molar-refractivity contribution in [2.75, 3.05) is 5.75 Å². The third kappa shape index (κ3) is 13.2. The van der Waals surface area contributed by atoms with Crippen LogP contribution in [0, 0.1) is 0 Å². The van der Waals surface area contributed by atoms with Gasteiger partial charge in [0, 0.05) is 11.2 Å². The van der Waals surface area contributed by atoms with Crippen LogP contribution in [0.25, 0.3) is 0 Å². The third-order valence-corrected chi connectivity index (χ3v) is 2.41. The third-order valence-electron chi connectivity index (χ3n) is 1.63. The molecule has 1 atom stereocenters. The Morgan fingerprint density at radius 1 is 1.31 bits per heavy atom. The second kappa shape index (κ2) is 11.2. The Labute approximate surface area is 113 Å². The SMILES string of the molecule is O=C([O-])CCCCC(S)CCS.[Na+]. The molecule has 0 radical (unpaired) electrons. The van der Waals surface area contributed by atoms with E-state index in [4.69, 9.17) is 0 Å². The predicted molar refractivity (Wildman–Crippen MR) is 54.7 cm³/mol. The number of hydrogen-bond donors (Lipinski definition) is 2. The maximum Gasteiger partial charge on any atom is 1.00 e. The molecule has 0 aliphatic carbocycles. The molecule has 0 saturated carbocycles. The Bertz CT molecular complexity index is 133. The number of unbranched alkanes of at least 4 members (excludes halogenated alkanes) is 1. The van der Waals surface area contributed by atoms with Gasteiger partial charge >= 0.3 is 29.6 Å². The molecule has 0 aromatic carbocycles. The second-order valence-electron chi connectivity index (χ2n) is 2.78. The molecule has 5 heteroatoms. The van der Waals surface area contributed by atoms with E-state index in [1.165, 1.54) is 0 Å². The number of thiol groups is 2. The maximum absolute atomic E-state index is 10.0. The second-order valence-corrected chi connectivity index (χ2v) is 3.96. The van der Waals surface area contributed by atoms with Gasteiger partial charge in [-0.1, -0.05) is 6.42 Å². The first-order chi connectivity index (χ1) is 5.66. The molecule has 0 bridgehead atoms. The van der Waals surface area contributed by atoms with E-state index in [9.17, 15) is 9.90 Å². The molecular formula is C8H15NaO2S2. The monoisotopic (exact) mass is 230 g/mol. The average Bonchev–Trinajstić information content (AvgIpc) is 1.98. The zero-order chi connectivity index (χ0) is 9.40. The molecule has 13 heavy (non-hydrogen) atoms. The molecule has 0 amide bonds. The van der Waals surface area contributed by atoms with Gasteiger partial charge in [0.15, 0.2) is 0 Å². The van der Waals surface area contributed by atoms with Crippen LogP contribution < -0.4 is 34.7 Å². The number of carbonyl (C=O) groups excluding carboxylic acids is 1. The summed E-state index contributed by atoms with van der Waals surface area (Å²) in [6.45, 7) is 0. The summed E-state index contributed by atoms with van der Waals surface area (Å²) in [5, 5.41) is 10.4. The summed E-state index contributed by atoms with van der Waals surface area (Å²) in [6.07, 6.45) is 3.73. The Kier molecular flexibility index (Phi) is 14.4. The number of rotatable bonds is 7. The zero-order valence-electron chi connectivity index (χ0n) is 8.03. The fourth-order valence-corrected chi connectivity index (χ4v) is 1.77. The van der Waals surface area contributed by atoms with E-state index in [-0.39, 0.29) is 36.0 Å². The van der Waals surface area contributed by atoms with Crippen molar-refractivity contribution < 1.29 is 39.5 Å². The van der Waals surface area contributed by atoms with Gasteiger partial charge in [-0.25, -0.2) is 0 Å². The van der Waals surface area contributed by atoms with E-state index < -0.39 is 5.97 Å². The molecular weight excluding hydrogens is 215 g/mol. The van der Waals surface area contributed by atoms with Gasteiger partial charge in [0.25, 0.3) is 0 Å². The molecule has 1 unspecified atom stereocenters. The number of carboxylic acids is 1. The van der Waals surface area contributed by atoms with Crippen molar-refractivity contribution in [3.8, 4) is 0 Å². The van der Waals surface area contributed by atoms with Crippen molar-refractivity contribution in [1.29, 1.82) is 0 Å². The quantitative estimate of drug-likeness (QED) is 0.299. The van der Waals surface area contributed by atoms with E-state index in [1.807, 2.05) is 0 Å². The van der Waals surface area contributed by atoms with Crippen molar-refractivity contribution in [3.05, 3.63) is 0 Å². The molecule has 72 valence electrons. The van der Waals surface area contributed by atoms with E-state index in [0.717, 1.165) is 25.0 Å². The molecule has 0 heterocycles. The first kappa shape index (κ1) is 16.6. The number of carbonyl (C=O) groups is 1. The average molecular weight is 230 g/mol. The number of carboxylic acid groups (broad SMARTS) is 1. The molecule has 0 saturated heterocycles. The smallest absolute Gasteiger partial charge is 0.550 e. The Balaban J connectivity index is 0. The normalized spacial score (nSPS) is 11.8. The van der Waals surface area contributed by atoms with Crippen LogP contribution in [0.1, 0.15) is 32.1 Å². The summed E-state index contributed by atoms with van der Waals surface area (Å²) in [7, 11) is 0. The molecule has 0 fully saturated rings. The topological polar surface area (TPSA) is 40.1 Å². The summed E-state index contributed by atoms with van der Waals surface area (Å²) < 4.78 is 0. The van der Waals surface area contributed by atoms with Gasteiger partial charge in [0.1, 0.15) is 0 Å². The van der Waals surface area contributed by atoms with Crippen molar-refractivity contribution in [1.82, 2.24) is 0 Å². The fourth-order valence-electron chi connectivity index (χ4n) is 0.943. The van der Waals surface area contributed by atoms with Crippen LogP contribution >= 0.6 is 25.3 Å². The number of aliphatic carboxylic acids is 1. The van der Waals surface area contributed by atoms with Crippen molar-refractivity contribution >= 4 is 31.2 Å². The van der Waals surface area contributed by atoms with Gasteiger partial charge in [0.05, 0.1) is 0 Å². The van der Waals surface area contributed by atoms with Gasteiger partial charge < -0.3 is 9.90 Å². The molecule has 0 spiro atoms. The molecule has 0 rings (SSSR count). The number of hydrogen-bond acceptors (Lipinski definition) is 4. The van der Waals surface area contributed by atoms with Gasteiger partial charge in [-0.2, -0.15) is 25.3 Å². The van der Waals surface area contributed by atoms with Crippen molar-refractivity contribution in [2.24, 2.45) is 0 Å². The minimum absolute atomic E-state index is 0. The van der Waals surface area contributed by atoms with Crippen LogP contribution in [0.15, 0.2) is 0 Å². The molecule has 0 aliphatic rings. The van der Waals surface area contributed by atoms with Gasteiger partial charge in [-0.3, -0.25) is 0 Å². The minimum Gasteiger partial charge on any atom is -0.550 e. The Morgan fingerprint density at radius 3 is 2.38 bits per heavy atom. The summed E-state index contributed by atoms with van der Waals surface area (Å²) >= 11 is 8.41. The van der Waals surface area contributed by atoms with E-state index in [1.54, 1.807) is 0 Å². The molecule has 2 nitrogen and oxygen atoms in total. The van der Waals surface area contributed by atoms with Crippen LogP contribution in [0.2, 0.25) is 0 Å². The van der Waals surface area contributed by atoms with Gasteiger partial charge in [-0.05, 0) is 31.4 Å². The Hall–Kier alpha value is 1.17. The van der Waals surface area contributed by atoms with Crippen molar-refractivity contribution in [2.45, 2.75) is 37.4 Å². The first-order valence-electron chi connectivity index (χ1n) is 4.15. The molecule has 0 aliphatic heterocycles. The summed E-state index contributed by atoms with van der Waals surface area (Å²) in [4.78, 5) is 10.0. The molecule has 0 aromatic rings. The predicted octanol–water partition coefficient (Wildman–Crippen LogP) is -2.08. The van der Waals surface area contributed by atoms with Crippen LogP contribution in [0.4, 0.5) is 0 Å². The fraction of sp³-hybridized carbons (Fsp3) is 0.875. The van der Waals surface area contributed by atoms with Crippen molar-refractivity contribution in [3.63, 3.8) is 0 Å². The standard InChI is InChI=1S/C8H16O2S2.Na/c9-8(10)4-2-1-3-7(12)5-6-11;/h7,11-12H,1-6H2,(H,9,10);/q;+1/p-1. The van der Waals surface area contributed by atoms with E-state index in [2.05, 4.69) is 25.3 Å². The summed E-state index contributed by atoms with van der Waals surface area (Å²) in [5.74, 6) is -0.116. The summed E-state index contributed by atoms with van der Waals surface area (Å²) in [6, 6.07) is 0. The molecule has 0 N–H and O–H groups in total.